The minimum Gasteiger partial charge on any atom is -0.310 e. The normalized spacial score (nSPS) is 24.2. The van der Waals surface area contributed by atoms with Crippen molar-refractivity contribution in [3.05, 3.63) is 35.1 Å². The zero-order valence-electron chi connectivity index (χ0n) is 9.39. The number of halogens is 1. The highest BCUT2D eigenvalue weighted by Crippen LogP contribution is 2.42. The molecule has 2 heteroatoms. The summed E-state index contributed by atoms with van der Waals surface area (Å²) < 4.78 is 13.2. The molecule has 0 fully saturated rings. The lowest BCUT2D eigenvalue weighted by molar-refractivity contribution is 0.500. The van der Waals surface area contributed by atoms with Crippen molar-refractivity contribution in [3.63, 3.8) is 0 Å². The summed E-state index contributed by atoms with van der Waals surface area (Å²) in [5.74, 6) is 0.484. The molecule has 0 saturated carbocycles. The van der Waals surface area contributed by atoms with Crippen LogP contribution in [0.25, 0.3) is 0 Å². The van der Waals surface area contributed by atoms with Crippen molar-refractivity contribution in [1.29, 1.82) is 0 Å². The lowest BCUT2D eigenvalue weighted by Gasteiger charge is -2.12. The summed E-state index contributed by atoms with van der Waals surface area (Å²) in [6.45, 7) is 5.24. The predicted molar refractivity (Wildman–Crippen MR) is 60.5 cm³/mol. The first-order chi connectivity index (χ1) is 7.26. The van der Waals surface area contributed by atoms with Gasteiger partial charge in [-0.15, -0.1) is 0 Å². The largest absolute Gasteiger partial charge is 0.310 e. The molecule has 1 N–H and O–H groups in total. The number of nitrogens with one attached hydrogen (secondary N) is 1. The predicted octanol–water partition coefficient (Wildman–Crippen LogP) is 3.37. The first-order valence-corrected chi connectivity index (χ1v) is 5.79. The molecule has 0 heterocycles. The number of hydrogen-bond acceptors (Lipinski definition) is 1. The van der Waals surface area contributed by atoms with Gasteiger partial charge < -0.3 is 5.32 Å². The Balaban J connectivity index is 2.34. The van der Waals surface area contributed by atoms with E-state index in [1.165, 1.54) is 11.1 Å². The Morgan fingerprint density at radius 3 is 2.80 bits per heavy atom. The van der Waals surface area contributed by atoms with E-state index in [-0.39, 0.29) is 5.82 Å². The quantitative estimate of drug-likeness (QED) is 0.801. The maximum Gasteiger partial charge on any atom is 0.123 e. The minimum absolute atomic E-state index is 0.117. The average molecular weight is 207 g/mol. The average Bonchev–Trinajstić information content (AvgIpc) is 2.57. The lowest BCUT2D eigenvalue weighted by atomic mass is 9.99. The Hall–Kier alpha value is -0.890. The molecule has 1 aromatic carbocycles. The number of hydrogen-bond donors (Lipinski definition) is 1. The van der Waals surface area contributed by atoms with Gasteiger partial charge in [-0.05, 0) is 48.6 Å². The van der Waals surface area contributed by atoms with Crippen LogP contribution in [-0.4, -0.2) is 6.54 Å². The molecule has 0 bridgehead atoms. The Morgan fingerprint density at radius 1 is 1.33 bits per heavy atom. The molecule has 2 atom stereocenters. The van der Waals surface area contributed by atoms with E-state index < -0.39 is 0 Å². The summed E-state index contributed by atoms with van der Waals surface area (Å²) in [6.07, 6.45) is 2.25. The van der Waals surface area contributed by atoms with Gasteiger partial charge in [0.25, 0.3) is 0 Å². The monoisotopic (exact) mass is 207 g/mol. The van der Waals surface area contributed by atoms with Crippen LogP contribution in [0.1, 0.15) is 49.8 Å². The second-order valence-electron chi connectivity index (χ2n) is 4.22. The Bertz CT molecular complexity index is 348. The third-order valence-corrected chi connectivity index (χ3v) is 3.33. The topological polar surface area (TPSA) is 12.0 Å². The van der Waals surface area contributed by atoms with Gasteiger partial charge in [0.05, 0.1) is 0 Å². The van der Waals surface area contributed by atoms with Gasteiger partial charge in [-0.25, -0.2) is 4.39 Å². The molecule has 0 radical (unpaired) electrons. The van der Waals surface area contributed by atoms with Crippen molar-refractivity contribution in [2.75, 3.05) is 6.54 Å². The highest BCUT2D eigenvalue weighted by atomic mass is 19.1. The van der Waals surface area contributed by atoms with Crippen LogP contribution in [0, 0.1) is 5.82 Å². The fourth-order valence-electron chi connectivity index (χ4n) is 2.58. The van der Waals surface area contributed by atoms with E-state index in [1.54, 1.807) is 12.1 Å². The molecule has 1 nitrogen and oxygen atoms in total. The first kappa shape index (κ1) is 10.6. The molecule has 0 aliphatic heterocycles. The van der Waals surface area contributed by atoms with Crippen LogP contribution < -0.4 is 5.32 Å². The van der Waals surface area contributed by atoms with Gasteiger partial charge in [0.1, 0.15) is 5.82 Å². The fraction of sp³-hybridized carbons (Fsp3) is 0.538. The molecule has 2 unspecified atom stereocenters. The van der Waals surface area contributed by atoms with Crippen LogP contribution >= 0.6 is 0 Å². The highest BCUT2D eigenvalue weighted by Gasteiger charge is 2.29. The summed E-state index contributed by atoms with van der Waals surface area (Å²) >= 11 is 0. The van der Waals surface area contributed by atoms with E-state index >= 15 is 0 Å². The van der Waals surface area contributed by atoms with Crippen molar-refractivity contribution < 1.29 is 4.39 Å². The second-order valence-corrected chi connectivity index (χ2v) is 4.22. The van der Waals surface area contributed by atoms with Crippen LogP contribution in [0.2, 0.25) is 0 Å². The molecule has 0 amide bonds. The minimum atomic E-state index is -0.117. The zero-order chi connectivity index (χ0) is 10.8. The molecular formula is C13H18FN. The SMILES string of the molecule is CCNC1CC(CC)c2ccc(F)cc21. The lowest BCUT2D eigenvalue weighted by Crippen LogP contribution is -2.18. The standard InChI is InChI=1S/C13H18FN/c1-3-9-7-13(15-4-2)12-8-10(14)5-6-11(9)12/h5-6,8-9,13,15H,3-4,7H2,1-2H3. The van der Waals surface area contributed by atoms with E-state index in [9.17, 15) is 4.39 Å². The molecule has 1 aliphatic carbocycles. The molecule has 2 rings (SSSR count). The fourth-order valence-corrected chi connectivity index (χ4v) is 2.58. The zero-order valence-corrected chi connectivity index (χ0v) is 9.39. The van der Waals surface area contributed by atoms with E-state index in [1.807, 2.05) is 6.07 Å². The molecule has 1 aromatic rings. The number of rotatable bonds is 3. The van der Waals surface area contributed by atoms with Crippen molar-refractivity contribution in [2.24, 2.45) is 0 Å². The van der Waals surface area contributed by atoms with Gasteiger partial charge in [-0.3, -0.25) is 0 Å². The molecule has 0 spiro atoms. The van der Waals surface area contributed by atoms with Crippen LogP contribution in [0.15, 0.2) is 18.2 Å². The van der Waals surface area contributed by atoms with Crippen LogP contribution in [0.5, 0.6) is 0 Å². The first-order valence-electron chi connectivity index (χ1n) is 5.79. The highest BCUT2D eigenvalue weighted by molar-refractivity contribution is 5.38. The van der Waals surface area contributed by atoms with Gasteiger partial charge in [-0.2, -0.15) is 0 Å². The van der Waals surface area contributed by atoms with Crippen molar-refractivity contribution >= 4 is 0 Å². The summed E-state index contributed by atoms with van der Waals surface area (Å²) in [7, 11) is 0. The summed E-state index contributed by atoms with van der Waals surface area (Å²) in [4.78, 5) is 0. The van der Waals surface area contributed by atoms with Crippen molar-refractivity contribution in [1.82, 2.24) is 5.32 Å². The number of benzene rings is 1. The Kier molecular flexibility index (Phi) is 3.06. The van der Waals surface area contributed by atoms with Crippen molar-refractivity contribution in [3.8, 4) is 0 Å². The third kappa shape index (κ3) is 1.91. The van der Waals surface area contributed by atoms with Crippen LogP contribution in [0.4, 0.5) is 4.39 Å². The number of fused-ring (bicyclic) bond motifs is 1. The Labute approximate surface area is 90.7 Å². The van der Waals surface area contributed by atoms with Gasteiger partial charge in [-0.1, -0.05) is 19.9 Å². The second kappa shape index (κ2) is 4.31. The van der Waals surface area contributed by atoms with E-state index in [0.717, 1.165) is 19.4 Å². The maximum atomic E-state index is 13.2. The molecule has 0 saturated heterocycles. The van der Waals surface area contributed by atoms with Crippen molar-refractivity contribution in [2.45, 2.75) is 38.6 Å². The van der Waals surface area contributed by atoms with Crippen LogP contribution in [-0.2, 0) is 0 Å². The molecular weight excluding hydrogens is 189 g/mol. The molecule has 82 valence electrons. The van der Waals surface area contributed by atoms with E-state index in [4.69, 9.17) is 0 Å². The van der Waals surface area contributed by atoms with E-state index in [2.05, 4.69) is 19.2 Å². The molecule has 15 heavy (non-hydrogen) atoms. The molecule has 0 aromatic heterocycles. The summed E-state index contributed by atoms with van der Waals surface area (Å²) in [5, 5.41) is 3.43. The van der Waals surface area contributed by atoms with Gasteiger partial charge in [0.2, 0.25) is 0 Å². The summed E-state index contributed by atoms with van der Waals surface area (Å²) in [5.41, 5.74) is 2.51. The van der Waals surface area contributed by atoms with E-state index in [0.29, 0.717) is 12.0 Å². The molecule has 1 aliphatic rings. The summed E-state index contributed by atoms with van der Waals surface area (Å²) in [6, 6.07) is 5.58. The maximum absolute atomic E-state index is 13.2. The Morgan fingerprint density at radius 2 is 2.13 bits per heavy atom. The van der Waals surface area contributed by atoms with Gasteiger partial charge >= 0.3 is 0 Å². The van der Waals surface area contributed by atoms with Crippen LogP contribution in [0.3, 0.4) is 0 Å². The van der Waals surface area contributed by atoms with Gasteiger partial charge in [0.15, 0.2) is 0 Å². The van der Waals surface area contributed by atoms with Gasteiger partial charge in [0, 0.05) is 6.04 Å². The third-order valence-electron chi connectivity index (χ3n) is 3.33. The smallest absolute Gasteiger partial charge is 0.123 e.